The van der Waals surface area contributed by atoms with Gasteiger partial charge in [0.1, 0.15) is 11.6 Å². The van der Waals surface area contributed by atoms with Gasteiger partial charge in [0.25, 0.3) is 5.91 Å². The first kappa shape index (κ1) is 26.4. The van der Waals surface area contributed by atoms with Crippen molar-refractivity contribution in [1.29, 1.82) is 0 Å². The molecule has 0 saturated carbocycles. The number of hydrogen-bond donors (Lipinski definition) is 2. The summed E-state index contributed by atoms with van der Waals surface area (Å²) in [4.78, 5) is 34.5. The number of halogens is 4. The number of aryl methyl sites for hydroxylation is 1. The summed E-state index contributed by atoms with van der Waals surface area (Å²) in [5, 5.41) is 9.87. The van der Waals surface area contributed by atoms with Crippen molar-refractivity contribution in [2.24, 2.45) is 0 Å². The summed E-state index contributed by atoms with van der Waals surface area (Å²) in [5.41, 5.74) is 2.63. The smallest absolute Gasteiger partial charge is 0.475 e. The third-order valence-corrected chi connectivity index (χ3v) is 5.31. The number of amides is 1. The first-order valence-electron chi connectivity index (χ1n) is 10.8. The molecule has 1 fully saturated rings. The molecule has 12 heteroatoms. The predicted octanol–water partition coefficient (Wildman–Crippen LogP) is 4.14. The van der Waals surface area contributed by atoms with Crippen LogP contribution in [0.1, 0.15) is 15.9 Å². The van der Waals surface area contributed by atoms with E-state index in [4.69, 9.17) is 9.90 Å². The number of nitrogens with zero attached hydrogens (tertiary/aromatic N) is 4. The number of benzene rings is 1. The van der Waals surface area contributed by atoms with Gasteiger partial charge in [-0.1, -0.05) is 6.07 Å². The summed E-state index contributed by atoms with van der Waals surface area (Å²) < 4.78 is 45.5. The minimum atomic E-state index is -5.08. The molecule has 0 spiro atoms. The first-order valence-corrected chi connectivity index (χ1v) is 10.8. The van der Waals surface area contributed by atoms with E-state index in [0.29, 0.717) is 16.8 Å². The van der Waals surface area contributed by atoms with Gasteiger partial charge in [0.15, 0.2) is 0 Å². The fourth-order valence-corrected chi connectivity index (χ4v) is 3.36. The van der Waals surface area contributed by atoms with Gasteiger partial charge in [0, 0.05) is 61.7 Å². The Labute approximate surface area is 204 Å². The second kappa shape index (κ2) is 11.5. The lowest BCUT2D eigenvalue weighted by Crippen LogP contribution is -2.46. The average Bonchev–Trinajstić information content (AvgIpc) is 2.87. The number of nitrogens with one attached hydrogen (secondary N) is 1. The molecule has 3 heterocycles. The number of carboxylic acids is 1. The number of pyridine rings is 2. The summed E-state index contributed by atoms with van der Waals surface area (Å²) in [6.45, 7) is 5.03. The lowest BCUT2D eigenvalue weighted by Gasteiger charge is -2.36. The quantitative estimate of drug-likeness (QED) is 0.515. The van der Waals surface area contributed by atoms with Crippen molar-refractivity contribution in [3.8, 4) is 0 Å². The fraction of sp³-hybridized carbons (Fsp3) is 0.250. The van der Waals surface area contributed by atoms with Crippen molar-refractivity contribution in [2.45, 2.75) is 13.1 Å². The van der Waals surface area contributed by atoms with Crippen LogP contribution in [0, 0.1) is 12.7 Å². The summed E-state index contributed by atoms with van der Waals surface area (Å²) >= 11 is 0. The number of carbonyl (C=O) groups excluding carboxylic acids is 1. The van der Waals surface area contributed by atoms with Crippen LogP contribution in [-0.2, 0) is 4.79 Å². The van der Waals surface area contributed by atoms with E-state index < -0.39 is 12.1 Å². The van der Waals surface area contributed by atoms with Crippen LogP contribution < -0.4 is 15.1 Å². The Balaban J connectivity index is 0.000000454. The van der Waals surface area contributed by atoms with Gasteiger partial charge in [0.05, 0.1) is 0 Å². The fourth-order valence-electron chi connectivity index (χ4n) is 3.36. The first-order chi connectivity index (χ1) is 17.0. The van der Waals surface area contributed by atoms with Crippen LogP contribution in [0.4, 0.5) is 34.8 Å². The molecule has 2 N–H and O–H groups in total. The van der Waals surface area contributed by atoms with Gasteiger partial charge in [0.2, 0.25) is 0 Å². The molecule has 2 aromatic heterocycles. The van der Waals surface area contributed by atoms with Crippen LogP contribution in [0.25, 0.3) is 0 Å². The number of anilines is 3. The van der Waals surface area contributed by atoms with E-state index in [-0.39, 0.29) is 11.7 Å². The van der Waals surface area contributed by atoms with E-state index in [0.717, 1.165) is 37.7 Å². The maximum absolute atomic E-state index is 13.7. The van der Waals surface area contributed by atoms with Crippen molar-refractivity contribution in [1.82, 2.24) is 9.97 Å². The lowest BCUT2D eigenvalue weighted by molar-refractivity contribution is -0.192. The van der Waals surface area contributed by atoms with E-state index in [1.807, 2.05) is 12.1 Å². The van der Waals surface area contributed by atoms with E-state index in [9.17, 15) is 22.4 Å². The van der Waals surface area contributed by atoms with Crippen LogP contribution in [0.2, 0.25) is 0 Å². The minimum absolute atomic E-state index is 0.285. The molecule has 0 radical (unpaired) electrons. The van der Waals surface area contributed by atoms with Gasteiger partial charge in [-0.2, -0.15) is 13.2 Å². The van der Waals surface area contributed by atoms with Gasteiger partial charge < -0.3 is 20.2 Å². The third-order valence-electron chi connectivity index (χ3n) is 5.31. The zero-order chi connectivity index (χ0) is 26.3. The Morgan fingerprint density at radius 1 is 0.944 bits per heavy atom. The van der Waals surface area contributed by atoms with Crippen molar-refractivity contribution >= 4 is 29.1 Å². The molecule has 0 atom stereocenters. The second-order valence-electron chi connectivity index (χ2n) is 7.80. The van der Waals surface area contributed by atoms with E-state index in [2.05, 4.69) is 25.1 Å². The Hall–Kier alpha value is -4.22. The average molecular weight is 505 g/mol. The Morgan fingerprint density at radius 2 is 1.56 bits per heavy atom. The van der Waals surface area contributed by atoms with Crippen LogP contribution in [0.5, 0.6) is 0 Å². The molecule has 0 unspecified atom stereocenters. The molecule has 1 aliphatic heterocycles. The van der Waals surface area contributed by atoms with Gasteiger partial charge in [-0.15, -0.1) is 0 Å². The molecule has 36 heavy (non-hydrogen) atoms. The van der Waals surface area contributed by atoms with Gasteiger partial charge >= 0.3 is 12.1 Å². The zero-order valence-electron chi connectivity index (χ0n) is 19.2. The van der Waals surface area contributed by atoms with Gasteiger partial charge in [-0.05, 0) is 48.9 Å². The van der Waals surface area contributed by atoms with Crippen molar-refractivity contribution in [3.63, 3.8) is 0 Å². The number of aromatic nitrogens is 2. The number of rotatable bonds is 4. The standard InChI is InChI=1S/C22H22FN5O.C2HF3O2/c1-16-2-3-18(15-20(16)23)26-22(29)17-4-9-25-21(14-17)28-12-10-27(11-13-28)19-5-7-24-8-6-19;3-2(4,5)1(6)7/h2-9,14-15H,10-13H2,1H3,(H,26,29);(H,6,7). The molecular weight excluding hydrogens is 482 g/mol. The number of carbonyl (C=O) groups is 2. The van der Waals surface area contributed by atoms with Crippen molar-refractivity contribution < 1.29 is 32.3 Å². The number of alkyl halides is 3. The van der Waals surface area contributed by atoms with Crippen LogP contribution in [0.3, 0.4) is 0 Å². The molecule has 4 rings (SSSR count). The maximum atomic E-state index is 13.7. The van der Waals surface area contributed by atoms with Gasteiger partial charge in [-0.3, -0.25) is 9.78 Å². The molecule has 1 saturated heterocycles. The number of carboxylic acid groups (broad SMARTS) is 1. The monoisotopic (exact) mass is 505 g/mol. The molecule has 190 valence electrons. The molecule has 1 aromatic carbocycles. The molecule has 1 amide bonds. The highest BCUT2D eigenvalue weighted by atomic mass is 19.4. The highest BCUT2D eigenvalue weighted by Crippen LogP contribution is 2.20. The largest absolute Gasteiger partial charge is 0.490 e. The molecule has 0 aliphatic carbocycles. The molecule has 0 bridgehead atoms. The Morgan fingerprint density at radius 3 is 2.14 bits per heavy atom. The maximum Gasteiger partial charge on any atom is 0.490 e. The van der Waals surface area contributed by atoms with Crippen LogP contribution in [0.15, 0.2) is 61.1 Å². The number of piperazine rings is 1. The summed E-state index contributed by atoms with van der Waals surface area (Å²) in [6.07, 6.45) is 0.145. The lowest BCUT2D eigenvalue weighted by atomic mass is 10.2. The Kier molecular flexibility index (Phi) is 8.41. The van der Waals surface area contributed by atoms with Crippen molar-refractivity contribution in [3.05, 3.63) is 78.0 Å². The second-order valence-corrected chi connectivity index (χ2v) is 7.80. The van der Waals surface area contributed by atoms with Gasteiger partial charge in [-0.25, -0.2) is 14.2 Å². The number of hydrogen-bond acceptors (Lipinski definition) is 6. The SMILES string of the molecule is Cc1ccc(NC(=O)c2ccnc(N3CCN(c4ccncc4)CC3)c2)cc1F.O=C(O)C(F)(F)F. The normalized spacial score (nSPS) is 13.5. The van der Waals surface area contributed by atoms with E-state index >= 15 is 0 Å². The molecular formula is C24H23F4N5O3. The van der Waals surface area contributed by atoms with Crippen molar-refractivity contribution in [2.75, 3.05) is 41.3 Å². The van der Waals surface area contributed by atoms with Crippen LogP contribution >= 0.6 is 0 Å². The topological polar surface area (TPSA) is 98.7 Å². The zero-order valence-corrected chi connectivity index (χ0v) is 19.2. The minimum Gasteiger partial charge on any atom is -0.475 e. The summed E-state index contributed by atoms with van der Waals surface area (Å²) in [5.74, 6) is -2.62. The summed E-state index contributed by atoms with van der Waals surface area (Å²) in [6, 6.07) is 12.1. The van der Waals surface area contributed by atoms with E-state index in [1.165, 1.54) is 6.07 Å². The highest BCUT2D eigenvalue weighted by molar-refractivity contribution is 6.04. The van der Waals surface area contributed by atoms with E-state index in [1.54, 1.807) is 49.8 Å². The predicted molar refractivity (Wildman–Crippen MR) is 126 cm³/mol. The Bertz CT molecular complexity index is 1200. The molecule has 3 aromatic rings. The number of aliphatic carboxylic acids is 1. The summed E-state index contributed by atoms with van der Waals surface area (Å²) in [7, 11) is 0. The molecule has 1 aliphatic rings. The van der Waals surface area contributed by atoms with Crippen LogP contribution in [-0.4, -0.2) is 59.3 Å². The highest BCUT2D eigenvalue weighted by Gasteiger charge is 2.38. The molecule has 8 nitrogen and oxygen atoms in total. The third kappa shape index (κ3) is 7.14.